The summed E-state index contributed by atoms with van der Waals surface area (Å²) in [4.78, 5) is 0. The van der Waals surface area contributed by atoms with E-state index < -0.39 is 0 Å². The third kappa shape index (κ3) is 86.3. The van der Waals surface area contributed by atoms with Gasteiger partial charge in [-0.15, -0.1) is 0 Å². The molecule has 0 nitrogen and oxygen atoms in total. The van der Waals surface area contributed by atoms with E-state index in [1.54, 1.807) is 25.7 Å². The van der Waals surface area contributed by atoms with Gasteiger partial charge in [-0.3, -0.25) is 0 Å². The van der Waals surface area contributed by atoms with Crippen LogP contribution in [0.2, 0.25) is 0 Å². The van der Waals surface area contributed by atoms with Gasteiger partial charge < -0.3 is 0 Å². The predicted molar refractivity (Wildman–Crippen MR) is 401 cm³/mol. The van der Waals surface area contributed by atoms with Crippen LogP contribution in [0.5, 0.6) is 0 Å². The van der Waals surface area contributed by atoms with Crippen molar-refractivity contribution >= 4 is 0 Å². The summed E-state index contributed by atoms with van der Waals surface area (Å²) in [6, 6.07) is 0. The monoisotopic (exact) mass is 1180 g/mol. The molecule has 0 aromatic carbocycles. The van der Waals surface area contributed by atoms with Gasteiger partial charge in [-0.25, -0.2) is 0 Å². The van der Waals surface area contributed by atoms with Gasteiger partial charge in [-0.2, -0.15) is 0 Å². The van der Waals surface area contributed by atoms with E-state index in [-0.39, 0.29) is 0 Å². The molecule has 0 heteroatoms. The normalized spacial score (nSPS) is 17.7. The number of rotatable bonds is 9. The zero-order valence-electron chi connectivity index (χ0n) is 68.0. The van der Waals surface area contributed by atoms with Crippen LogP contribution in [-0.2, 0) is 0 Å². The average molecular weight is 1180 g/mol. The second-order valence-electron chi connectivity index (χ2n) is 34.4. The minimum atomic E-state index is 0.542. The lowest BCUT2D eigenvalue weighted by Crippen LogP contribution is -2.32. The Balaban J connectivity index is -0.000000105. The molecule has 0 heterocycles. The molecule has 4 aliphatic carbocycles. The van der Waals surface area contributed by atoms with Gasteiger partial charge in [-0.1, -0.05) is 387 Å². The van der Waals surface area contributed by atoms with Crippen LogP contribution in [0.1, 0.15) is 444 Å². The standard InChI is InChI=1S/C12H22.C11H22.C9H18.C8H18.C7H16.3C6H14.C5H12.2C4H10.C3H8.C2H6/c1-11-5-9-12(10-6-11)7-3-2-4-8-12;1-9-6-10(2,3)8-11(4,5)7-9;1-8-4-6-9(2,3)7-5-8;1-6(2)8(5)7(3)4;1-5-7(3,4)6-2;1-5-6(2,3)4;1-5(2)6(3)4;1-4-6(3)5-2;1-4-5(2)3;1-4(2)3;1-3-4-2;1-3-2;1-2/h11H,2-10H2,1H3;9H,6-8H2,1-5H3;8H,4-7H2,1-3H3;6-8H,1-5H3;5-6H2,1-4H3;5H2,1-4H3;5-6H,1-4H3;6H,4-5H2,1-3H3;5H,4H2,1-3H3;4H,1-3H3;3-4H2,1-2H3;3H2,1-2H3;1-2H3. The van der Waals surface area contributed by atoms with Gasteiger partial charge in [0.1, 0.15) is 0 Å². The largest absolute Gasteiger partial charge is 0.0683 e. The summed E-state index contributed by atoms with van der Waals surface area (Å²) in [6.45, 7) is 92.5. The van der Waals surface area contributed by atoms with E-state index in [2.05, 4.69) is 270 Å². The Morgan fingerprint density at radius 2 is 0.663 bits per heavy atom. The van der Waals surface area contributed by atoms with Crippen molar-refractivity contribution in [1.29, 1.82) is 0 Å². The highest BCUT2D eigenvalue weighted by Crippen LogP contribution is 2.49. The second-order valence-corrected chi connectivity index (χ2v) is 34.4. The summed E-state index contributed by atoms with van der Waals surface area (Å²) < 4.78 is 0. The van der Waals surface area contributed by atoms with Crippen molar-refractivity contribution in [3.8, 4) is 0 Å². The Labute approximate surface area is 539 Å². The zero-order valence-corrected chi connectivity index (χ0v) is 68.0. The summed E-state index contributed by atoms with van der Waals surface area (Å²) in [5.41, 5.74) is 3.79. The molecule has 0 aromatic heterocycles. The van der Waals surface area contributed by atoms with E-state index in [0.29, 0.717) is 27.1 Å². The molecule has 0 atom stereocenters. The van der Waals surface area contributed by atoms with E-state index >= 15 is 0 Å². The van der Waals surface area contributed by atoms with E-state index in [9.17, 15) is 0 Å². The molecule has 0 aromatic rings. The Hall–Kier alpha value is 0. The summed E-state index contributed by atoms with van der Waals surface area (Å²) in [7, 11) is 0. The van der Waals surface area contributed by atoms with Crippen LogP contribution >= 0.6 is 0 Å². The van der Waals surface area contributed by atoms with Crippen molar-refractivity contribution in [3.05, 3.63) is 0 Å². The van der Waals surface area contributed by atoms with Crippen molar-refractivity contribution in [1.82, 2.24) is 0 Å². The summed E-state index contributed by atoms with van der Waals surface area (Å²) >= 11 is 0. The van der Waals surface area contributed by atoms with Crippen molar-refractivity contribution < 1.29 is 0 Å². The van der Waals surface area contributed by atoms with Crippen molar-refractivity contribution in [3.63, 3.8) is 0 Å². The molecule has 0 unspecified atom stereocenters. The molecule has 4 rings (SSSR count). The zero-order chi connectivity index (χ0) is 68.0. The topological polar surface area (TPSA) is 0 Å². The van der Waals surface area contributed by atoms with Crippen LogP contribution in [0, 0.1) is 97.6 Å². The quantitative estimate of drug-likeness (QED) is 0.216. The first kappa shape index (κ1) is 102. The van der Waals surface area contributed by atoms with Gasteiger partial charge in [0.25, 0.3) is 0 Å². The molecule has 0 aliphatic heterocycles. The molecule has 0 amide bonds. The number of hydrogen-bond donors (Lipinski definition) is 0. The molecule has 1 spiro atoms. The Morgan fingerprint density at radius 3 is 0.807 bits per heavy atom. The minimum absolute atomic E-state index is 0.542. The molecule has 4 aliphatic rings. The highest BCUT2D eigenvalue weighted by molar-refractivity contribution is 4.88. The summed E-state index contributed by atoms with van der Waals surface area (Å²) in [5, 5.41) is 0. The van der Waals surface area contributed by atoms with Crippen LogP contribution in [-0.4, -0.2) is 0 Å². The summed E-state index contributed by atoms with van der Waals surface area (Å²) in [5.74, 6) is 9.86. The first-order valence-corrected chi connectivity index (χ1v) is 37.7. The first-order valence-electron chi connectivity index (χ1n) is 37.7. The van der Waals surface area contributed by atoms with Crippen LogP contribution in [0.15, 0.2) is 0 Å². The average Bonchev–Trinajstić information content (AvgIpc) is 3.38. The summed E-state index contributed by atoms with van der Waals surface area (Å²) in [6.07, 6.45) is 35.5. The fourth-order valence-electron chi connectivity index (χ4n) is 9.43. The van der Waals surface area contributed by atoms with Crippen LogP contribution in [0.25, 0.3) is 0 Å². The Bertz CT molecular complexity index is 1120. The lowest BCUT2D eigenvalue weighted by atomic mass is 9.62. The molecular weight excluding hydrogens is 997 g/mol. The van der Waals surface area contributed by atoms with E-state index in [4.69, 9.17) is 0 Å². The SMILES string of the molecule is CC.CC(C)C.CC(C)C(C)C.CC(C)C(C)C(C)C.CC1CC(C)(C)CC(C)(C)C1.CC1CCC(C)(C)CC1.CC1CCC2(CCCCC2)CC1.CCC.CCC(C)(C)C.CCC(C)(C)CC.CCC(C)C.CCC(C)CC.CCCC. The number of hydrogen-bond acceptors (Lipinski definition) is 0. The molecule has 0 N–H and O–H groups in total. The van der Waals surface area contributed by atoms with Gasteiger partial charge in [0.05, 0.1) is 0 Å². The maximum absolute atomic E-state index is 2.43. The van der Waals surface area contributed by atoms with Crippen molar-refractivity contribution in [2.24, 2.45) is 97.6 Å². The van der Waals surface area contributed by atoms with Gasteiger partial charge in [0, 0.05) is 0 Å². The smallest absolute Gasteiger partial charge is 0.0297 e. The van der Waals surface area contributed by atoms with Crippen LogP contribution in [0.4, 0.5) is 0 Å². The Kier molecular flexibility index (Phi) is 74.8. The van der Waals surface area contributed by atoms with E-state index in [1.807, 2.05) is 13.8 Å². The second kappa shape index (κ2) is 60.9. The molecule has 516 valence electrons. The molecule has 0 bridgehead atoms. The van der Waals surface area contributed by atoms with Crippen molar-refractivity contribution in [2.45, 2.75) is 444 Å². The van der Waals surface area contributed by atoms with Gasteiger partial charge in [-0.05, 0) is 155 Å². The van der Waals surface area contributed by atoms with Gasteiger partial charge >= 0.3 is 0 Å². The van der Waals surface area contributed by atoms with E-state index in [0.717, 1.165) is 70.5 Å². The molecule has 0 saturated heterocycles. The molecule has 4 saturated carbocycles. The van der Waals surface area contributed by atoms with Crippen LogP contribution < -0.4 is 0 Å². The first-order chi connectivity index (χ1) is 37.7. The third-order valence-electron chi connectivity index (χ3n) is 18.8. The molecular formula is C83H184. The minimum Gasteiger partial charge on any atom is -0.0683 e. The maximum Gasteiger partial charge on any atom is -0.0297 e. The molecule has 0 radical (unpaired) electrons. The molecule has 83 heavy (non-hydrogen) atoms. The lowest BCUT2D eigenvalue weighted by Gasteiger charge is -2.44. The fraction of sp³-hybridized carbons (Fsp3) is 1.00. The molecule has 4 fully saturated rings. The fourth-order valence-corrected chi connectivity index (χ4v) is 9.43. The number of unbranched alkanes of at least 4 members (excludes halogenated alkanes) is 1. The van der Waals surface area contributed by atoms with E-state index in [1.165, 1.54) is 135 Å². The highest BCUT2D eigenvalue weighted by atomic mass is 14.4. The maximum atomic E-state index is 2.43. The van der Waals surface area contributed by atoms with Crippen molar-refractivity contribution in [2.75, 3.05) is 0 Å². The third-order valence-corrected chi connectivity index (χ3v) is 18.8. The van der Waals surface area contributed by atoms with Gasteiger partial charge in [0.2, 0.25) is 0 Å². The lowest BCUT2D eigenvalue weighted by molar-refractivity contribution is 0.0754. The highest BCUT2D eigenvalue weighted by Gasteiger charge is 2.37. The predicted octanol–water partition coefficient (Wildman–Crippen LogP) is 32.1. The van der Waals surface area contributed by atoms with Gasteiger partial charge in [0.15, 0.2) is 0 Å². The van der Waals surface area contributed by atoms with Crippen LogP contribution in [0.3, 0.4) is 0 Å². The Morgan fingerprint density at radius 1 is 0.386 bits per heavy atom.